The minimum Gasteiger partial charge on any atom is -0.377 e. The van der Waals surface area contributed by atoms with E-state index in [4.69, 9.17) is 0 Å². The van der Waals surface area contributed by atoms with Crippen molar-refractivity contribution in [2.75, 3.05) is 5.32 Å². The molecule has 1 aliphatic heterocycles. The fourth-order valence-corrected chi connectivity index (χ4v) is 4.04. The Balaban J connectivity index is 1.76. The van der Waals surface area contributed by atoms with Crippen LogP contribution in [0.3, 0.4) is 0 Å². The minimum absolute atomic E-state index is 0.340. The molecule has 0 bridgehead atoms. The fraction of sp³-hybridized carbons (Fsp3) is 0.0833. The summed E-state index contributed by atoms with van der Waals surface area (Å²) in [4.78, 5) is 0. The van der Waals surface area contributed by atoms with Crippen molar-refractivity contribution in [3.05, 3.63) is 103 Å². The Hall–Kier alpha value is -3.06. The first-order valence-corrected chi connectivity index (χ1v) is 8.81. The first kappa shape index (κ1) is 14.3. The van der Waals surface area contributed by atoms with E-state index >= 15 is 0 Å². The minimum atomic E-state index is 0.340. The molecule has 120 valence electrons. The zero-order chi connectivity index (χ0) is 16.6. The first-order valence-electron chi connectivity index (χ1n) is 8.81. The van der Waals surface area contributed by atoms with Gasteiger partial charge in [0.25, 0.3) is 0 Å². The SMILES string of the molecule is C1=CC2Nc3c(-c4ccccc4)ccc(-c4ccccc4)c3C2C=C1. The van der Waals surface area contributed by atoms with Crippen molar-refractivity contribution >= 4 is 5.69 Å². The molecule has 2 aliphatic rings. The number of rotatable bonds is 2. The molecule has 0 saturated carbocycles. The van der Waals surface area contributed by atoms with Crippen molar-refractivity contribution in [3.8, 4) is 22.3 Å². The van der Waals surface area contributed by atoms with E-state index in [1.807, 2.05) is 0 Å². The van der Waals surface area contributed by atoms with Gasteiger partial charge in [0.15, 0.2) is 0 Å². The van der Waals surface area contributed by atoms with Gasteiger partial charge in [0.1, 0.15) is 0 Å². The molecule has 1 heterocycles. The molecule has 3 aromatic carbocycles. The van der Waals surface area contributed by atoms with Crippen molar-refractivity contribution in [2.24, 2.45) is 0 Å². The Morgan fingerprint density at radius 2 is 1.20 bits per heavy atom. The van der Waals surface area contributed by atoms with Crippen molar-refractivity contribution < 1.29 is 0 Å². The standard InChI is InChI=1S/C24H19N/c1-3-9-17(10-4-1)19-15-16-20(18-11-5-2-6-12-18)24-23(19)21-13-7-8-14-22(21)25-24/h1-16,21-22,25H. The maximum Gasteiger partial charge on any atom is 0.0552 e. The number of nitrogens with one attached hydrogen (secondary N) is 1. The van der Waals surface area contributed by atoms with Gasteiger partial charge in [0.05, 0.1) is 6.04 Å². The lowest BCUT2D eigenvalue weighted by Crippen LogP contribution is -2.17. The number of hydrogen-bond acceptors (Lipinski definition) is 1. The highest BCUT2D eigenvalue weighted by Gasteiger charge is 2.34. The van der Waals surface area contributed by atoms with Gasteiger partial charge in [0, 0.05) is 17.2 Å². The van der Waals surface area contributed by atoms with E-state index in [1.165, 1.54) is 33.5 Å². The summed E-state index contributed by atoms with van der Waals surface area (Å²) in [5, 5.41) is 3.78. The molecule has 0 saturated heterocycles. The summed E-state index contributed by atoms with van der Waals surface area (Å²) in [5.41, 5.74) is 7.85. The van der Waals surface area contributed by atoms with Crippen molar-refractivity contribution in [2.45, 2.75) is 12.0 Å². The Kier molecular flexibility index (Phi) is 3.31. The first-order chi connectivity index (χ1) is 12.4. The average molecular weight is 321 g/mol. The Morgan fingerprint density at radius 1 is 0.600 bits per heavy atom. The normalized spacial score (nSPS) is 20.0. The summed E-state index contributed by atoms with van der Waals surface area (Å²) in [6.45, 7) is 0. The number of fused-ring (bicyclic) bond motifs is 3. The second-order valence-electron chi connectivity index (χ2n) is 6.65. The van der Waals surface area contributed by atoms with Crippen LogP contribution in [-0.4, -0.2) is 6.04 Å². The number of benzene rings is 3. The van der Waals surface area contributed by atoms with Gasteiger partial charge in [0.2, 0.25) is 0 Å². The molecule has 1 nitrogen and oxygen atoms in total. The van der Waals surface area contributed by atoms with Gasteiger partial charge in [-0.1, -0.05) is 97.1 Å². The van der Waals surface area contributed by atoms with Gasteiger partial charge < -0.3 is 5.32 Å². The second kappa shape index (κ2) is 5.78. The van der Waals surface area contributed by atoms with Crippen LogP contribution >= 0.6 is 0 Å². The van der Waals surface area contributed by atoms with Crippen molar-refractivity contribution in [1.82, 2.24) is 0 Å². The molecule has 2 unspecified atom stereocenters. The molecular weight excluding hydrogens is 302 g/mol. The number of anilines is 1. The topological polar surface area (TPSA) is 12.0 Å². The molecule has 0 aromatic heterocycles. The maximum atomic E-state index is 3.78. The lowest BCUT2D eigenvalue weighted by atomic mass is 9.85. The van der Waals surface area contributed by atoms with Gasteiger partial charge >= 0.3 is 0 Å². The highest BCUT2D eigenvalue weighted by Crippen LogP contribution is 2.48. The third-order valence-corrected chi connectivity index (χ3v) is 5.19. The summed E-state index contributed by atoms with van der Waals surface area (Å²) in [7, 11) is 0. The second-order valence-corrected chi connectivity index (χ2v) is 6.65. The van der Waals surface area contributed by atoms with E-state index < -0.39 is 0 Å². The third-order valence-electron chi connectivity index (χ3n) is 5.19. The summed E-state index contributed by atoms with van der Waals surface area (Å²) >= 11 is 0. The number of hydrogen-bond donors (Lipinski definition) is 1. The van der Waals surface area contributed by atoms with Gasteiger partial charge in [-0.25, -0.2) is 0 Å². The molecule has 1 aliphatic carbocycles. The Labute approximate surface area is 148 Å². The third kappa shape index (κ3) is 2.32. The van der Waals surface area contributed by atoms with Crippen LogP contribution < -0.4 is 5.32 Å². The average Bonchev–Trinajstić information content (AvgIpc) is 3.08. The van der Waals surface area contributed by atoms with Gasteiger partial charge in [-0.05, 0) is 22.3 Å². The van der Waals surface area contributed by atoms with Gasteiger partial charge in [-0.2, -0.15) is 0 Å². The largest absolute Gasteiger partial charge is 0.377 e. The quantitative estimate of drug-likeness (QED) is 0.608. The van der Waals surface area contributed by atoms with E-state index in [1.54, 1.807) is 0 Å². The summed E-state index contributed by atoms with van der Waals surface area (Å²) in [6.07, 6.45) is 8.91. The van der Waals surface area contributed by atoms with Crippen LogP contribution in [0.25, 0.3) is 22.3 Å². The zero-order valence-corrected chi connectivity index (χ0v) is 13.9. The molecule has 0 amide bonds. The summed E-state index contributed by atoms with van der Waals surface area (Å²) in [6, 6.07) is 26.2. The molecule has 0 spiro atoms. The lowest BCUT2D eigenvalue weighted by Gasteiger charge is -2.18. The fourth-order valence-electron chi connectivity index (χ4n) is 4.04. The monoisotopic (exact) mass is 321 g/mol. The van der Waals surface area contributed by atoms with Crippen molar-refractivity contribution in [1.29, 1.82) is 0 Å². The van der Waals surface area contributed by atoms with Crippen molar-refractivity contribution in [3.63, 3.8) is 0 Å². The molecule has 3 aromatic rings. The van der Waals surface area contributed by atoms with Crippen LogP contribution in [0, 0.1) is 0 Å². The van der Waals surface area contributed by atoms with Crippen LogP contribution in [0.5, 0.6) is 0 Å². The molecule has 25 heavy (non-hydrogen) atoms. The molecule has 5 rings (SSSR count). The summed E-state index contributed by atoms with van der Waals surface area (Å²) < 4.78 is 0. The maximum absolute atomic E-state index is 3.78. The van der Waals surface area contributed by atoms with Crippen LogP contribution in [0.1, 0.15) is 11.5 Å². The number of allylic oxidation sites excluding steroid dienone is 2. The summed E-state index contributed by atoms with van der Waals surface area (Å²) in [5.74, 6) is 0.388. The van der Waals surface area contributed by atoms with Gasteiger partial charge in [-0.3, -0.25) is 0 Å². The zero-order valence-electron chi connectivity index (χ0n) is 13.9. The highest BCUT2D eigenvalue weighted by molar-refractivity contribution is 5.90. The Morgan fingerprint density at radius 3 is 1.92 bits per heavy atom. The van der Waals surface area contributed by atoms with Gasteiger partial charge in [-0.15, -0.1) is 0 Å². The molecule has 2 atom stereocenters. The predicted octanol–water partition coefficient (Wildman–Crippen LogP) is 6.02. The molecule has 0 radical (unpaired) electrons. The molecular formula is C24H19N. The van der Waals surface area contributed by atoms with E-state index in [9.17, 15) is 0 Å². The highest BCUT2D eigenvalue weighted by atomic mass is 15.0. The molecule has 0 fully saturated rings. The lowest BCUT2D eigenvalue weighted by molar-refractivity contribution is 0.806. The molecule has 1 N–H and O–H groups in total. The van der Waals surface area contributed by atoms with E-state index in [-0.39, 0.29) is 0 Å². The van der Waals surface area contributed by atoms with Crippen LogP contribution in [-0.2, 0) is 0 Å². The van der Waals surface area contributed by atoms with E-state index in [0.717, 1.165) is 0 Å². The van der Waals surface area contributed by atoms with Crippen LogP contribution in [0.2, 0.25) is 0 Å². The van der Waals surface area contributed by atoms with Crippen LogP contribution in [0.4, 0.5) is 5.69 Å². The van der Waals surface area contributed by atoms with E-state index in [0.29, 0.717) is 12.0 Å². The van der Waals surface area contributed by atoms with Crippen LogP contribution in [0.15, 0.2) is 97.1 Å². The van der Waals surface area contributed by atoms with E-state index in [2.05, 4.69) is 102 Å². The molecule has 1 heteroatoms. The Bertz CT molecular complexity index is 968. The predicted molar refractivity (Wildman–Crippen MR) is 106 cm³/mol. The smallest absolute Gasteiger partial charge is 0.0552 e.